The molecule has 1 aromatic carbocycles. The molecule has 2 rings (SSSR count). The number of amides is 1. The molecular formula is C15H18ClN3O3S. The molecule has 0 radical (unpaired) electrons. The van der Waals surface area contributed by atoms with Gasteiger partial charge in [-0.05, 0) is 39.0 Å². The van der Waals surface area contributed by atoms with Gasteiger partial charge in [-0.2, -0.15) is 9.36 Å². The predicted octanol–water partition coefficient (Wildman–Crippen LogP) is 4.89. The van der Waals surface area contributed by atoms with E-state index in [1.165, 1.54) is 11.5 Å². The summed E-state index contributed by atoms with van der Waals surface area (Å²) in [6, 6.07) is 4.91. The van der Waals surface area contributed by atoms with Crippen LogP contribution in [0.3, 0.4) is 0 Å². The average Bonchev–Trinajstić information content (AvgIpc) is 2.87. The van der Waals surface area contributed by atoms with Gasteiger partial charge in [-0.1, -0.05) is 18.5 Å². The Morgan fingerprint density at radius 3 is 2.70 bits per heavy atom. The lowest BCUT2D eigenvalue weighted by atomic mass is 10.2. The maximum atomic E-state index is 11.7. The minimum atomic E-state index is -0.564. The van der Waals surface area contributed by atoms with Crippen molar-refractivity contribution < 1.29 is 14.3 Å². The number of rotatable bonds is 4. The average molecular weight is 356 g/mol. The summed E-state index contributed by atoms with van der Waals surface area (Å²) in [6.07, 6.45) is 0.200. The Kier molecular flexibility index (Phi) is 5.43. The van der Waals surface area contributed by atoms with E-state index in [2.05, 4.69) is 14.7 Å². The summed E-state index contributed by atoms with van der Waals surface area (Å²) in [5.41, 5.74) is -0.0470. The summed E-state index contributed by atoms with van der Waals surface area (Å²) in [5, 5.41) is 3.40. The van der Waals surface area contributed by atoms with Crippen molar-refractivity contribution in [2.45, 2.75) is 39.7 Å². The minimum Gasteiger partial charge on any atom is -0.444 e. The van der Waals surface area contributed by atoms with E-state index in [-0.39, 0.29) is 0 Å². The van der Waals surface area contributed by atoms with Crippen LogP contribution in [0.5, 0.6) is 10.9 Å². The monoisotopic (exact) mass is 355 g/mol. The Bertz CT molecular complexity index is 698. The number of aryl methyl sites for hydroxylation is 1. The molecule has 0 bridgehead atoms. The molecule has 0 spiro atoms. The summed E-state index contributed by atoms with van der Waals surface area (Å²) in [4.78, 5) is 15.9. The standard InChI is InChI=1S/C15H18ClN3O3S/c1-5-12-18-14(23-19-12)21-11-7-6-9(8-10(11)16)17-13(20)22-15(2,3)4/h6-8H,5H2,1-4H3,(H,17,20). The highest BCUT2D eigenvalue weighted by atomic mass is 35.5. The lowest BCUT2D eigenvalue weighted by Crippen LogP contribution is -2.27. The molecule has 23 heavy (non-hydrogen) atoms. The molecule has 0 aliphatic heterocycles. The lowest BCUT2D eigenvalue weighted by Gasteiger charge is -2.19. The van der Waals surface area contributed by atoms with Gasteiger partial charge in [-0.15, -0.1) is 0 Å². The van der Waals surface area contributed by atoms with Crippen molar-refractivity contribution in [1.82, 2.24) is 9.36 Å². The maximum Gasteiger partial charge on any atom is 0.412 e. The quantitative estimate of drug-likeness (QED) is 0.844. The van der Waals surface area contributed by atoms with Gasteiger partial charge in [-0.3, -0.25) is 5.32 Å². The van der Waals surface area contributed by atoms with Crippen molar-refractivity contribution in [1.29, 1.82) is 0 Å². The van der Waals surface area contributed by atoms with Gasteiger partial charge in [-0.25, -0.2) is 4.79 Å². The number of hydrogen-bond donors (Lipinski definition) is 1. The fourth-order valence-electron chi connectivity index (χ4n) is 1.60. The summed E-state index contributed by atoms with van der Waals surface area (Å²) in [7, 11) is 0. The molecule has 0 saturated heterocycles. The Hall–Kier alpha value is -1.86. The molecule has 0 aliphatic carbocycles. The van der Waals surface area contributed by atoms with Crippen molar-refractivity contribution in [2.75, 3.05) is 5.32 Å². The third kappa shape index (κ3) is 5.37. The van der Waals surface area contributed by atoms with Gasteiger partial charge in [0, 0.05) is 23.6 Å². The summed E-state index contributed by atoms with van der Waals surface area (Å²) in [5.74, 6) is 1.17. The van der Waals surface area contributed by atoms with Crippen LogP contribution in [0.15, 0.2) is 18.2 Å². The maximum absolute atomic E-state index is 11.7. The normalized spacial score (nSPS) is 11.2. The van der Waals surface area contributed by atoms with Gasteiger partial charge >= 0.3 is 6.09 Å². The molecule has 1 amide bonds. The van der Waals surface area contributed by atoms with Crippen molar-refractivity contribution in [2.24, 2.45) is 0 Å². The van der Waals surface area contributed by atoms with E-state index in [0.29, 0.717) is 21.7 Å². The Morgan fingerprint density at radius 2 is 2.13 bits per heavy atom. The highest BCUT2D eigenvalue weighted by Gasteiger charge is 2.17. The Labute approximate surface area is 144 Å². The lowest BCUT2D eigenvalue weighted by molar-refractivity contribution is 0.0636. The van der Waals surface area contributed by atoms with Crippen LogP contribution >= 0.6 is 23.1 Å². The Balaban J connectivity index is 2.04. The van der Waals surface area contributed by atoms with Crippen LogP contribution in [0.4, 0.5) is 10.5 Å². The smallest absolute Gasteiger partial charge is 0.412 e. The zero-order valence-corrected chi connectivity index (χ0v) is 14.9. The highest BCUT2D eigenvalue weighted by molar-refractivity contribution is 7.07. The molecule has 1 heterocycles. The van der Waals surface area contributed by atoms with Gasteiger partial charge in [0.15, 0.2) is 0 Å². The van der Waals surface area contributed by atoms with E-state index in [9.17, 15) is 4.79 Å². The summed E-state index contributed by atoms with van der Waals surface area (Å²) < 4.78 is 14.9. The first-order valence-electron chi connectivity index (χ1n) is 7.07. The number of anilines is 1. The first-order valence-corrected chi connectivity index (χ1v) is 8.22. The van der Waals surface area contributed by atoms with Gasteiger partial charge < -0.3 is 9.47 Å². The second-order valence-corrected chi connectivity index (χ2v) is 6.83. The predicted molar refractivity (Wildman–Crippen MR) is 90.7 cm³/mol. The third-order valence-electron chi connectivity index (χ3n) is 2.54. The number of nitrogens with zero attached hydrogens (tertiary/aromatic N) is 2. The molecule has 0 unspecified atom stereocenters. The van der Waals surface area contributed by atoms with Gasteiger partial charge in [0.05, 0.1) is 5.02 Å². The molecule has 0 atom stereocenters. The number of carbonyl (C=O) groups excluding carboxylic acids is 1. The van der Waals surface area contributed by atoms with Gasteiger partial charge in [0.25, 0.3) is 5.19 Å². The molecule has 0 fully saturated rings. The zero-order valence-electron chi connectivity index (χ0n) is 13.3. The second-order valence-electron chi connectivity index (χ2n) is 5.70. The minimum absolute atomic E-state index is 0.354. The molecule has 1 aromatic heterocycles. The first-order chi connectivity index (χ1) is 10.8. The van der Waals surface area contributed by atoms with Crippen molar-refractivity contribution in [3.8, 4) is 10.9 Å². The number of aromatic nitrogens is 2. The van der Waals surface area contributed by atoms with Crippen LogP contribution in [-0.4, -0.2) is 21.1 Å². The van der Waals surface area contributed by atoms with E-state index < -0.39 is 11.7 Å². The van der Waals surface area contributed by atoms with Crippen LogP contribution in [-0.2, 0) is 11.2 Å². The number of benzene rings is 1. The number of halogens is 1. The second kappa shape index (κ2) is 7.14. The van der Waals surface area contributed by atoms with Crippen LogP contribution in [0.2, 0.25) is 5.02 Å². The molecule has 0 saturated carbocycles. The fraction of sp³-hybridized carbons (Fsp3) is 0.400. The Morgan fingerprint density at radius 1 is 1.39 bits per heavy atom. The van der Waals surface area contributed by atoms with Crippen molar-refractivity contribution in [3.63, 3.8) is 0 Å². The van der Waals surface area contributed by atoms with Crippen LogP contribution < -0.4 is 10.1 Å². The number of nitrogens with one attached hydrogen (secondary N) is 1. The van der Waals surface area contributed by atoms with E-state index in [1.54, 1.807) is 39.0 Å². The number of ether oxygens (including phenoxy) is 2. The molecule has 8 heteroatoms. The van der Waals surface area contributed by atoms with Crippen LogP contribution in [0.25, 0.3) is 0 Å². The van der Waals surface area contributed by atoms with E-state index >= 15 is 0 Å². The number of carbonyl (C=O) groups is 1. The highest BCUT2D eigenvalue weighted by Crippen LogP contribution is 2.32. The third-order valence-corrected chi connectivity index (χ3v) is 3.47. The van der Waals surface area contributed by atoms with E-state index in [1.807, 2.05) is 6.92 Å². The summed E-state index contributed by atoms with van der Waals surface area (Å²) >= 11 is 7.34. The fourth-order valence-corrected chi connectivity index (χ4v) is 2.45. The van der Waals surface area contributed by atoms with Gasteiger partial charge in [0.1, 0.15) is 17.2 Å². The summed E-state index contributed by atoms with van der Waals surface area (Å²) in [6.45, 7) is 7.35. The largest absolute Gasteiger partial charge is 0.444 e. The molecule has 2 aromatic rings. The molecule has 6 nitrogen and oxygen atoms in total. The molecule has 124 valence electrons. The van der Waals surface area contributed by atoms with E-state index in [4.69, 9.17) is 21.1 Å². The SMILES string of the molecule is CCc1nsc(Oc2ccc(NC(=O)OC(C)(C)C)cc2Cl)n1. The molecular weight excluding hydrogens is 338 g/mol. The van der Waals surface area contributed by atoms with Gasteiger partial charge in [0.2, 0.25) is 0 Å². The molecule has 1 N–H and O–H groups in total. The van der Waals surface area contributed by atoms with E-state index in [0.717, 1.165) is 12.2 Å². The van der Waals surface area contributed by atoms with Crippen LogP contribution in [0, 0.1) is 0 Å². The number of hydrogen-bond acceptors (Lipinski definition) is 6. The van der Waals surface area contributed by atoms with Crippen molar-refractivity contribution >= 4 is 34.9 Å². The van der Waals surface area contributed by atoms with Crippen molar-refractivity contribution in [3.05, 3.63) is 29.0 Å². The molecule has 0 aliphatic rings. The zero-order chi connectivity index (χ0) is 17.0. The first kappa shape index (κ1) is 17.5. The topological polar surface area (TPSA) is 73.3 Å². The van der Waals surface area contributed by atoms with Crippen LogP contribution in [0.1, 0.15) is 33.5 Å².